The van der Waals surface area contributed by atoms with Crippen molar-refractivity contribution in [2.75, 3.05) is 7.05 Å². The van der Waals surface area contributed by atoms with Crippen LogP contribution in [0.5, 0.6) is 0 Å². The molecule has 0 aliphatic heterocycles. The molecule has 7 heteroatoms. The molecule has 0 aliphatic rings. The molecule has 126 valence electrons. The monoisotopic (exact) mass is 344 g/mol. The molecule has 1 unspecified atom stereocenters. The van der Waals surface area contributed by atoms with Crippen LogP contribution in [0.2, 0.25) is 0 Å². The number of carbonyl (C=O) groups is 1. The summed E-state index contributed by atoms with van der Waals surface area (Å²) < 4.78 is 5.55. The van der Waals surface area contributed by atoms with E-state index < -0.39 is 0 Å². The van der Waals surface area contributed by atoms with Crippen molar-refractivity contribution in [1.82, 2.24) is 20.1 Å². The van der Waals surface area contributed by atoms with Crippen LogP contribution in [0.1, 0.15) is 44.8 Å². The molecule has 3 rings (SSSR count). The average molecular weight is 344 g/mol. The van der Waals surface area contributed by atoms with Crippen LogP contribution in [0.15, 0.2) is 22.6 Å². The van der Waals surface area contributed by atoms with Gasteiger partial charge in [0.1, 0.15) is 11.5 Å². The SMILES string of the molecule is Cc1ccc(-c2cc(C(=O)N(C)C(C)c3nc(C)sc3C)n[nH]2)o1. The molecule has 0 fully saturated rings. The summed E-state index contributed by atoms with van der Waals surface area (Å²) in [5.41, 5.74) is 1.98. The Morgan fingerprint density at radius 2 is 2.08 bits per heavy atom. The van der Waals surface area contributed by atoms with Crippen LogP contribution in [0.4, 0.5) is 0 Å². The van der Waals surface area contributed by atoms with Crippen LogP contribution >= 0.6 is 11.3 Å². The van der Waals surface area contributed by atoms with Crippen molar-refractivity contribution < 1.29 is 9.21 Å². The molecule has 0 aliphatic carbocycles. The van der Waals surface area contributed by atoms with Gasteiger partial charge in [-0.1, -0.05) is 0 Å². The normalized spacial score (nSPS) is 12.4. The van der Waals surface area contributed by atoms with Crippen LogP contribution in [-0.4, -0.2) is 33.0 Å². The Labute approximate surface area is 144 Å². The third-order valence-corrected chi connectivity index (χ3v) is 4.94. The molecule has 0 saturated carbocycles. The molecule has 0 saturated heterocycles. The maximum Gasteiger partial charge on any atom is 0.274 e. The first-order chi connectivity index (χ1) is 11.4. The highest BCUT2D eigenvalue weighted by molar-refractivity contribution is 7.11. The predicted molar refractivity (Wildman–Crippen MR) is 93.1 cm³/mol. The van der Waals surface area contributed by atoms with Gasteiger partial charge < -0.3 is 9.32 Å². The van der Waals surface area contributed by atoms with E-state index in [0.29, 0.717) is 17.1 Å². The van der Waals surface area contributed by atoms with E-state index >= 15 is 0 Å². The van der Waals surface area contributed by atoms with Crippen molar-refractivity contribution in [3.8, 4) is 11.5 Å². The zero-order valence-electron chi connectivity index (χ0n) is 14.4. The minimum atomic E-state index is -0.154. The van der Waals surface area contributed by atoms with Gasteiger partial charge in [-0.05, 0) is 39.8 Å². The molecule has 0 radical (unpaired) electrons. The summed E-state index contributed by atoms with van der Waals surface area (Å²) >= 11 is 1.64. The average Bonchev–Trinajstić information content (AvgIpc) is 3.25. The largest absolute Gasteiger partial charge is 0.460 e. The Balaban J connectivity index is 1.81. The molecule has 6 nitrogen and oxygen atoms in total. The second-order valence-electron chi connectivity index (χ2n) is 5.84. The third-order valence-electron chi connectivity index (χ3n) is 4.04. The van der Waals surface area contributed by atoms with Crippen LogP contribution in [-0.2, 0) is 0 Å². The highest BCUT2D eigenvalue weighted by atomic mass is 32.1. The number of nitrogens with zero attached hydrogens (tertiary/aromatic N) is 3. The molecule has 0 aromatic carbocycles. The predicted octanol–water partition coefficient (Wildman–Crippen LogP) is 3.88. The first kappa shape index (κ1) is 16.4. The van der Waals surface area contributed by atoms with Gasteiger partial charge in [0.2, 0.25) is 0 Å². The van der Waals surface area contributed by atoms with Gasteiger partial charge in [0, 0.05) is 18.0 Å². The maximum absolute atomic E-state index is 12.7. The van der Waals surface area contributed by atoms with E-state index in [1.54, 1.807) is 29.4 Å². The highest BCUT2D eigenvalue weighted by Crippen LogP contribution is 2.27. The van der Waals surface area contributed by atoms with Gasteiger partial charge in [0.05, 0.1) is 16.7 Å². The maximum atomic E-state index is 12.7. The van der Waals surface area contributed by atoms with Gasteiger partial charge >= 0.3 is 0 Å². The lowest BCUT2D eigenvalue weighted by atomic mass is 10.2. The van der Waals surface area contributed by atoms with Crippen LogP contribution in [0, 0.1) is 20.8 Å². The zero-order valence-corrected chi connectivity index (χ0v) is 15.2. The molecule has 1 amide bonds. The van der Waals surface area contributed by atoms with Crippen LogP contribution in [0.3, 0.4) is 0 Å². The number of aromatic nitrogens is 3. The quantitative estimate of drug-likeness (QED) is 0.779. The van der Waals surface area contributed by atoms with Crippen molar-refractivity contribution in [2.24, 2.45) is 0 Å². The number of carbonyl (C=O) groups excluding carboxylic acids is 1. The van der Waals surface area contributed by atoms with Crippen LogP contribution in [0.25, 0.3) is 11.5 Å². The molecule has 0 spiro atoms. The van der Waals surface area contributed by atoms with E-state index in [1.165, 1.54) is 0 Å². The summed E-state index contributed by atoms with van der Waals surface area (Å²) in [7, 11) is 1.77. The highest BCUT2D eigenvalue weighted by Gasteiger charge is 2.24. The summed E-state index contributed by atoms with van der Waals surface area (Å²) in [5.74, 6) is 1.33. The molecular formula is C17H20N4O2S. The second-order valence-corrected chi connectivity index (χ2v) is 7.25. The fourth-order valence-electron chi connectivity index (χ4n) is 2.61. The number of thiazole rings is 1. The van der Waals surface area contributed by atoms with Gasteiger partial charge in [-0.15, -0.1) is 11.3 Å². The van der Waals surface area contributed by atoms with Gasteiger partial charge in [0.15, 0.2) is 11.5 Å². The van der Waals surface area contributed by atoms with Gasteiger partial charge in [-0.25, -0.2) is 4.98 Å². The third kappa shape index (κ3) is 2.99. The Bertz CT molecular complexity index is 877. The fourth-order valence-corrected chi connectivity index (χ4v) is 3.52. The Kier molecular flexibility index (Phi) is 4.28. The zero-order chi connectivity index (χ0) is 17.4. The summed E-state index contributed by atoms with van der Waals surface area (Å²) in [5, 5.41) is 8.00. The summed E-state index contributed by atoms with van der Waals surface area (Å²) in [6, 6.07) is 5.32. The fraction of sp³-hybridized carbons (Fsp3) is 0.353. The number of nitrogens with one attached hydrogen (secondary N) is 1. The Hall–Kier alpha value is -2.41. The van der Waals surface area contributed by atoms with E-state index in [4.69, 9.17) is 4.42 Å². The number of aromatic amines is 1. The lowest BCUT2D eigenvalue weighted by Crippen LogP contribution is -2.30. The number of H-pyrrole nitrogens is 1. The molecule has 24 heavy (non-hydrogen) atoms. The molecule has 3 heterocycles. The minimum absolute atomic E-state index is 0.117. The van der Waals surface area contributed by atoms with E-state index in [0.717, 1.165) is 21.3 Å². The van der Waals surface area contributed by atoms with E-state index in [9.17, 15) is 4.79 Å². The topological polar surface area (TPSA) is 75.0 Å². The standard InChI is InChI=1S/C17H20N4O2S/c1-9-6-7-15(23-9)13-8-14(20-19-13)17(22)21(5)10(2)16-11(3)24-12(4)18-16/h6-8,10H,1-5H3,(H,19,20). The molecular weight excluding hydrogens is 324 g/mol. The summed E-state index contributed by atoms with van der Waals surface area (Å²) in [6.45, 7) is 7.85. The molecule has 3 aromatic heterocycles. The number of rotatable bonds is 4. The first-order valence-electron chi connectivity index (χ1n) is 7.70. The molecule has 0 bridgehead atoms. The van der Waals surface area contributed by atoms with E-state index in [1.807, 2.05) is 39.8 Å². The van der Waals surface area contributed by atoms with Crippen molar-refractivity contribution in [2.45, 2.75) is 33.7 Å². The van der Waals surface area contributed by atoms with Crippen molar-refractivity contribution in [1.29, 1.82) is 0 Å². The lowest BCUT2D eigenvalue weighted by molar-refractivity contribution is 0.0734. The smallest absolute Gasteiger partial charge is 0.274 e. The Morgan fingerprint density at radius 3 is 2.67 bits per heavy atom. The molecule has 3 aromatic rings. The van der Waals surface area contributed by atoms with Crippen LogP contribution < -0.4 is 0 Å². The van der Waals surface area contributed by atoms with Crippen molar-refractivity contribution >= 4 is 17.2 Å². The second kappa shape index (κ2) is 6.24. The Morgan fingerprint density at radius 1 is 1.33 bits per heavy atom. The number of furan rings is 1. The lowest BCUT2D eigenvalue weighted by Gasteiger charge is -2.23. The van der Waals surface area contributed by atoms with Crippen molar-refractivity contribution in [3.05, 3.63) is 45.2 Å². The van der Waals surface area contributed by atoms with Crippen molar-refractivity contribution in [3.63, 3.8) is 0 Å². The molecule has 1 atom stereocenters. The minimum Gasteiger partial charge on any atom is -0.460 e. The van der Waals surface area contributed by atoms with Gasteiger partial charge in [-0.2, -0.15) is 5.10 Å². The van der Waals surface area contributed by atoms with Gasteiger partial charge in [0.25, 0.3) is 5.91 Å². The summed E-state index contributed by atoms with van der Waals surface area (Å²) in [4.78, 5) is 20.1. The molecule has 1 N–H and O–H groups in total. The number of amides is 1. The van der Waals surface area contributed by atoms with E-state index in [2.05, 4.69) is 15.2 Å². The van der Waals surface area contributed by atoms with Gasteiger partial charge in [-0.3, -0.25) is 9.89 Å². The number of aryl methyl sites for hydroxylation is 3. The van der Waals surface area contributed by atoms with E-state index in [-0.39, 0.29) is 11.9 Å². The first-order valence-corrected chi connectivity index (χ1v) is 8.51. The summed E-state index contributed by atoms with van der Waals surface area (Å²) in [6.07, 6.45) is 0. The number of hydrogen-bond acceptors (Lipinski definition) is 5. The number of hydrogen-bond donors (Lipinski definition) is 1.